The molecule has 0 aliphatic rings. The number of nitrogens with one attached hydrogen (secondary N) is 3. The zero-order valence-corrected chi connectivity index (χ0v) is 8.63. The molecule has 0 aromatic heterocycles. The fourth-order valence-electron chi connectivity index (χ4n) is 0.537. The van der Waals surface area contributed by atoms with Crippen LogP contribution in [0.3, 0.4) is 0 Å². The highest BCUT2D eigenvalue weighted by atomic mass is 32.1. The Bertz CT molecular complexity index is 186. The van der Waals surface area contributed by atoms with Gasteiger partial charge < -0.3 is 10.6 Å². The zero-order valence-electron chi connectivity index (χ0n) is 7.82. The average molecular weight is 189 g/mol. The number of carbonyl (C=O) groups is 1. The molecule has 0 atom stereocenters. The summed E-state index contributed by atoms with van der Waals surface area (Å²) < 4.78 is 0. The van der Waals surface area contributed by atoms with Crippen molar-refractivity contribution in [2.24, 2.45) is 0 Å². The van der Waals surface area contributed by atoms with E-state index in [2.05, 4.69) is 16.0 Å². The quantitative estimate of drug-likeness (QED) is 0.489. The molecule has 0 heterocycles. The van der Waals surface area contributed by atoms with E-state index in [9.17, 15) is 4.79 Å². The van der Waals surface area contributed by atoms with Crippen LogP contribution in [0, 0.1) is 0 Å². The predicted octanol–water partition coefficient (Wildman–Crippen LogP) is 0.588. The summed E-state index contributed by atoms with van der Waals surface area (Å²) in [6.07, 6.45) is 0. The third-order valence-corrected chi connectivity index (χ3v) is 1.25. The van der Waals surface area contributed by atoms with Crippen molar-refractivity contribution in [2.45, 2.75) is 26.3 Å². The fraction of sp³-hybridized carbons (Fsp3) is 0.714. The van der Waals surface area contributed by atoms with E-state index in [1.165, 1.54) is 0 Å². The van der Waals surface area contributed by atoms with Gasteiger partial charge >= 0.3 is 6.03 Å². The van der Waals surface area contributed by atoms with Gasteiger partial charge in [-0.2, -0.15) is 0 Å². The number of hydrogen-bond acceptors (Lipinski definition) is 2. The molecule has 3 N–H and O–H groups in total. The van der Waals surface area contributed by atoms with Crippen molar-refractivity contribution >= 4 is 23.4 Å². The van der Waals surface area contributed by atoms with Crippen molar-refractivity contribution in [3.05, 3.63) is 0 Å². The number of thiocarbonyl (C=S) groups is 1. The third kappa shape index (κ3) is 5.91. The highest BCUT2D eigenvalue weighted by Crippen LogP contribution is 1.96. The molecule has 0 saturated carbocycles. The van der Waals surface area contributed by atoms with Gasteiger partial charge in [-0.15, -0.1) is 0 Å². The summed E-state index contributed by atoms with van der Waals surface area (Å²) in [5, 5.41) is 8.12. The molecule has 0 aromatic carbocycles. The van der Waals surface area contributed by atoms with Crippen LogP contribution >= 0.6 is 12.2 Å². The van der Waals surface area contributed by atoms with Crippen LogP contribution in [0.15, 0.2) is 0 Å². The molecule has 0 aliphatic carbocycles. The Balaban J connectivity index is 3.83. The van der Waals surface area contributed by atoms with Crippen LogP contribution in [0.1, 0.15) is 20.8 Å². The van der Waals surface area contributed by atoms with Gasteiger partial charge in [-0.25, -0.2) is 4.79 Å². The van der Waals surface area contributed by atoms with E-state index in [-0.39, 0.29) is 11.6 Å². The third-order valence-electron chi connectivity index (χ3n) is 0.943. The van der Waals surface area contributed by atoms with E-state index in [0.717, 1.165) is 0 Å². The van der Waals surface area contributed by atoms with Gasteiger partial charge in [0.05, 0.1) is 0 Å². The first-order valence-corrected chi connectivity index (χ1v) is 4.07. The van der Waals surface area contributed by atoms with E-state index in [1.54, 1.807) is 7.05 Å². The number of hydrogen-bond donors (Lipinski definition) is 3. The molecule has 0 radical (unpaired) electrons. The van der Waals surface area contributed by atoms with Crippen molar-refractivity contribution < 1.29 is 4.79 Å². The molecule has 0 aromatic rings. The van der Waals surface area contributed by atoms with Crippen molar-refractivity contribution in [3.63, 3.8) is 0 Å². The van der Waals surface area contributed by atoms with Gasteiger partial charge in [0.1, 0.15) is 0 Å². The average Bonchev–Trinajstić information content (AvgIpc) is 1.82. The van der Waals surface area contributed by atoms with Gasteiger partial charge in [0.15, 0.2) is 5.11 Å². The van der Waals surface area contributed by atoms with E-state index in [0.29, 0.717) is 5.11 Å². The Kier molecular flexibility index (Phi) is 3.95. The summed E-state index contributed by atoms with van der Waals surface area (Å²) in [6.45, 7) is 5.69. The molecule has 12 heavy (non-hydrogen) atoms. The highest BCUT2D eigenvalue weighted by Gasteiger charge is 2.13. The molecule has 5 heteroatoms. The maximum Gasteiger partial charge on any atom is 0.321 e. The van der Waals surface area contributed by atoms with Gasteiger partial charge in [-0.3, -0.25) is 5.32 Å². The number of urea groups is 1. The Labute approximate surface area is 78.1 Å². The number of amides is 2. The summed E-state index contributed by atoms with van der Waals surface area (Å²) in [4.78, 5) is 11.1. The van der Waals surface area contributed by atoms with Gasteiger partial charge in [-0.05, 0) is 33.0 Å². The first-order chi connectivity index (χ1) is 5.35. The van der Waals surface area contributed by atoms with Crippen LogP contribution in [-0.2, 0) is 0 Å². The maximum atomic E-state index is 11.1. The lowest BCUT2D eigenvalue weighted by Gasteiger charge is -2.20. The first-order valence-electron chi connectivity index (χ1n) is 3.66. The topological polar surface area (TPSA) is 53.2 Å². The molecule has 0 spiro atoms. The lowest BCUT2D eigenvalue weighted by Crippen LogP contribution is -2.50. The minimum Gasteiger partial charge on any atom is -0.365 e. The molecule has 0 bridgehead atoms. The molecule has 70 valence electrons. The second-order valence-electron chi connectivity index (χ2n) is 3.41. The minimum absolute atomic E-state index is 0.243. The van der Waals surface area contributed by atoms with Crippen molar-refractivity contribution in [3.8, 4) is 0 Å². The minimum atomic E-state index is -0.290. The van der Waals surface area contributed by atoms with E-state index in [4.69, 9.17) is 12.2 Å². The van der Waals surface area contributed by atoms with Crippen LogP contribution in [0.4, 0.5) is 4.79 Å². The van der Waals surface area contributed by atoms with Gasteiger partial charge in [0.25, 0.3) is 0 Å². The summed E-state index contributed by atoms with van der Waals surface area (Å²) in [5.74, 6) is 0. The number of rotatable bonds is 0. The van der Waals surface area contributed by atoms with Crippen LogP contribution in [0.2, 0.25) is 0 Å². The smallest absolute Gasteiger partial charge is 0.321 e. The molecule has 4 nitrogen and oxygen atoms in total. The largest absolute Gasteiger partial charge is 0.365 e. The van der Waals surface area contributed by atoms with Gasteiger partial charge in [0, 0.05) is 12.6 Å². The van der Waals surface area contributed by atoms with Crippen molar-refractivity contribution in [2.75, 3.05) is 7.05 Å². The van der Waals surface area contributed by atoms with Crippen LogP contribution in [-0.4, -0.2) is 23.7 Å². The molecule has 0 aliphatic heterocycles. The summed E-state index contributed by atoms with van der Waals surface area (Å²) in [7, 11) is 1.65. The van der Waals surface area contributed by atoms with Crippen LogP contribution in [0.25, 0.3) is 0 Å². The van der Waals surface area contributed by atoms with Crippen molar-refractivity contribution in [1.82, 2.24) is 16.0 Å². The molecule has 0 fully saturated rings. The zero-order chi connectivity index (χ0) is 9.78. The van der Waals surface area contributed by atoms with Crippen LogP contribution < -0.4 is 16.0 Å². The Morgan fingerprint density at radius 1 is 1.33 bits per heavy atom. The molecule has 0 saturated heterocycles. The predicted molar refractivity (Wildman–Crippen MR) is 53.1 cm³/mol. The monoisotopic (exact) mass is 189 g/mol. The van der Waals surface area contributed by atoms with Gasteiger partial charge in [0.2, 0.25) is 0 Å². The SMILES string of the molecule is CNC(=S)NC(=O)NC(C)(C)C. The summed E-state index contributed by atoms with van der Waals surface area (Å²) >= 11 is 4.74. The van der Waals surface area contributed by atoms with Crippen LogP contribution in [0.5, 0.6) is 0 Å². The normalized spacial score (nSPS) is 10.3. The number of carbonyl (C=O) groups excluding carboxylic acids is 1. The Morgan fingerprint density at radius 3 is 2.17 bits per heavy atom. The van der Waals surface area contributed by atoms with Gasteiger partial charge in [-0.1, -0.05) is 0 Å². The standard InChI is InChI=1S/C7H15N3OS/c1-7(2,3)10-5(11)9-6(12)8-4/h1-4H3,(H3,8,9,10,11,12). The van der Waals surface area contributed by atoms with Crippen molar-refractivity contribution in [1.29, 1.82) is 0 Å². The Hall–Kier alpha value is -0.840. The summed E-state index contributed by atoms with van der Waals surface area (Å²) in [5.41, 5.74) is -0.243. The van der Waals surface area contributed by atoms with E-state index < -0.39 is 0 Å². The Morgan fingerprint density at radius 2 is 1.83 bits per heavy atom. The maximum absolute atomic E-state index is 11.1. The first kappa shape index (κ1) is 11.2. The molecular formula is C7H15N3OS. The molecule has 2 amide bonds. The van der Waals surface area contributed by atoms with E-state index >= 15 is 0 Å². The lowest BCUT2D eigenvalue weighted by atomic mass is 10.1. The fourth-order valence-corrected chi connectivity index (χ4v) is 0.630. The summed E-state index contributed by atoms with van der Waals surface area (Å²) in [6, 6.07) is -0.290. The van der Waals surface area contributed by atoms with E-state index in [1.807, 2.05) is 20.8 Å². The second kappa shape index (κ2) is 4.25. The second-order valence-corrected chi connectivity index (χ2v) is 3.82. The molecular weight excluding hydrogens is 174 g/mol. The highest BCUT2D eigenvalue weighted by molar-refractivity contribution is 7.80. The molecule has 0 unspecified atom stereocenters. The molecule has 0 rings (SSSR count). The lowest BCUT2D eigenvalue weighted by molar-refractivity contribution is 0.236.